The molecule has 0 fully saturated rings. The van der Waals surface area contributed by atoms with Crippen LogP contribution in [0.4, 0.5) is 5.82 Å². The molecule has 2 N–H and O–H groups in total. The first-order valence-corrected chi connectivity index (χ1v) is 4.53. The van der Waals surface area contributed by atoms with Gasteiger partial charge in [0, 0.05) is 11.8 Å². The Bertz CT molecular complexity index is 512. The molecule has 0 aliphatic rings. The van der Waals surface area contributed by atoms with Gasteiger partial charge >= 0.3 is 0 Å². The highest BCUT2D eigenvalue weighted by molar-refractivity contribution is 5.74. The third-order valence-electron chi connectivity index (χ3n) is 2.18. The number of pyridine rings is 1. The molecule has 15 heavy (non-hydrogen) atoms. The van der Waals surface area contributed by atoms with E-state index in [0.717, 1.165) is 11.1 Å². The van der Waals surface area contributed by atoms with Gasteiger partial charge in [-0.1, -0.05) is 30.3 Å². The largest absolute Gasteiger partial charge is 0.383 e. The van der Waals surface area contributed by atoms with Crippen molar-refractivity contribution in [2.75, 3.05) is 5.73 Å². The van der Waals surface area contributed by atoms with Crippen molar-refractivity contribution in [3.63, 3.8) is 0 Å². The maximum Gasteiger partial charge on any atom is 0.141 e. The molecule has 72 valence electrons. The zero-order valence-corrected chi connectivity index (χ0v) is 8.01. The third kappa shape index (κ3) is 1.65. The second kappa shape index (κ2) is 3.81. The van der Waals surface area contributed by atoms with E-state index in [0.29, 0.717) is 5.56 Å². The molecule has 1 heterocycles. The lowest BCUT2D eigenvalue weighted by atomic mass is 10.0. The normalized spacial score (nSPS) is 9.53. The fraction of sp³-hybridized carbons (Fsp3) is 0. The highest BCUT2D eigenvalue weighted by Gasteiger charge is 2.07. The highest BCUT2D eigenvalue weighted by Crippen LogP contribution is 2.25. The summed E-state index contributed by atoms with van der Waals surface area (Å²) >= 11 is 0. The van der Waals surface area contributed by atoms with Gasteiger partial charge in [0.25, 0.3) is 0 Å². The van der Waals surface area contributed by atoms with Gasteiger partial charge in [-0.05, 0) is 11.6 Å². The SMILES string of the molecule is N#Cc1c(-c2ccccc2)ccnc1N. The summed E-state index contributed by atoms with van der Waals surface area (Å²) in [6.07, 6.45) is 1.61. The zero-order chi connectivity index (χ0) is 10.7. The van der Waals surface area contributed by atoms with Crippen LogP contribution >= 0.6 is 0 Å². The van der Waals surface area contributed by atoms with Gasteiger partial charge in [-0.2, -0.15) is 5.26 Å². The molecule has 0 radical (unpaired) electrons. The van der Waals surface area contributed by atoms with Crippen molar-refractivity contribution in [3.05, 3.63) is 48.2 Å². The molecule has 0 aliphatic heterocycles. The molecule has 1 aromatic heterocycles. The fourth-order valence-electron chi connectivity index (χ4n) is 1.45. The van der Waals surface area contributed by atoms with Crippen LogP contribution in [0, 0.1) is 11.3 Å². The number of nitriles is 1. The maximum absolute atomic E-state index is 8.99. The average Bonchev–Trinajstić information content (AvgIpc) is 2.30. The van der Waals surface area contributed by atoms with Gasteiger partial charge in [0.2, 0.25) is 0 Å². The van der Waals surface area contributed by atoms with Crippen LogP contribution in [-0.4, -0.2) is 4.98 Å². The summed E-state index contributed by atoms with van der Waals surface area (Å²) in [5.74, 6) is 0.277. The summed E-state index contributed by atoms with van der Waals surface area (Å²) in [5, 5.41) is 8.99. The number of benzene rings is 1. The Morgan fingerprint density at radius 2 is 1.87 bits per heavy atom. The molecular weight excluding hydrogens is 186 g/mol. The molecule has 0 aliphatic carbocycles. The van der Waals surface area contributed by atoms with Crippen molar-refractivity contribution < 1.29 is 0 Å². The predicted octanol–water partition coefficient (Wildman–Crippen LogP) is 2.20. The Balaban J connectivity index is 2.65. The molecule has 0 saturated heterocycles. The molecule has 0 saturated carbocycles. The lowest BCUT2D eigenvalue weighted by molar-refractivity contribution is 1.31. The van der Waals surface area contributed by atoms with Crippen LogP contribution < -0.4 is 5.73 Å². The molecule has 1 aromatic carbocycles. The van der Waals surface area contributed by atoms with Crippen LogP contribution in [0.5, 0.6) is 0 Å². The maximum atomic E-state index is 8.99. The summed E-state index contributed by atoms with van der Waals surface area (Å²) in [6.45, 7) is 0. The Labute approximate surface area is 87.8 Å². The van der Waals surface area contributed by atoms with E-state index < -0.39 is 0 Å². The molecule has 2 aromatic rings. The summed E-state index contributed by atoms with van der Waals surface area (Å²) in [5.41, 5.74) is 7.87. The summed E-state index contributed by atoms with van der Waals surface area (Å²) in [7, 11) is 0. The Hall–Kier alpha value is -2.34. The van der Waals surface area contributed by atoms with Crippen LogP contribution in [0.25, 0.3) is 11.1 Å². The van der Waals surface area contributed by atoms with Gasteiger partial charge in [0.1, 0.15) is 17.5 Å². The van der Waals surface area contributed by atoms with E-state index in [2.05, 4.69) is 11.1 Å². The van der Waals surface area contributed by atoms with Gasteiger partial charge < -0.3 is 5.73 Å². The molecule has 0 unspecified atom stereocenters. The van der Waals surface area contributed by atoms with Crippen molar-refractivity contribution in [3.8, 4) is 17.2 Å². The van der Waals surface area contributed by atoms with E-state index in [4.69, 9.17) is 11.0 Å². The number of nitrogens with zero attached hydrogens (tertiary/aromatic N) is 2. The number of nitrogens with two attached hydrogens (primary N) is 1. The van der Waals surface area contributed by atoms with E-state index >= 15 is 0 Å². The molecular formula is C12H9N3. The minimum absolute atomic E-state index is 0.277. The number of anilines is 1. The molecule has 3 nitrogen and oxygen atoms in total. The number of aromatic nitrogens is 1. The number of hydrogen-bond donors (Lipinski definition) is 1. The van der Waals surface area contributed by atoms with Crippen LogP contribution in [0.15, 0.2) is 42.6 Å². The molecule has 2 rings (SSSR count). The number of hydrogen-bond acceptors (Lipinski definition) is 3. The van der Waals surface area contributed by atoms with Gasteiger partial charge in [-0.25, -0.2) is 4.98 Å². The first-order chi connectivity index (χ1) is 7.33. The van der Waals surface area contributed by atoms with Crippen LogP contribution in [0.2, 0.25) is 0 Å². The van der Waals surface area contributed by atoms with Crippen LogP contribution in [0.1, 0.15) is 5.56 Å². The highest BCUT2D eigenvalue weighted by atomic mass is 14.8. The molecule has 0 spiro atoms. The van der Waals surface area contributed by atoms with Gasteiger partial charge in [0.15, 0.2) is 0 Å². The van der Waals surface area contributed by atoms with Gasteiger partial charge in [-0.3, -0.25) is 0 Å². The van der Waals surface area contributed by atoms with Crippen molar-refractivity contribution in [2.45, 2.75) is 0 Å². The Morgan fingerprint density at radius 3 is 2.53 bits per heavy atom. The summed E-state index contributed by atoms with van der Waals surface area (Å²) in [6, 6.07) is 13.5. The minimum Gasteiger partial charge on any atom is -0.383 e. The van der Waals surface area contributed by atoms with E-state index in [1.165, 1.54) is 0 Å². The smallest absolute Gasteiger partial charge is 0.141 e. The quantitative estimate of drug-likeness (QED) is 0.758. The molecule has 3 heteroatoms. The standard InChI is InChI=1S/C12H9N3/c13-8-11-10(6-7-15-12(11)14)9-4-2-1-3-5-9/h1-7H,(H2,14,15). The lowest BCUT2D eigenvalue weighted by Crippen LogP contribution is -1.96. The van der Waals surface area contributed by atoms with Crippen molar-refractivity contribution in [1.82, 2.24) is 4.98 Å². The molecule has 0 amide bonds. The lowest BCUT2D eigenvalue weighted by Gasteiger charge is -2.04. The predicted molar refractivity (Wildman–Crippen MR) is 58.8 cm³/mol. The summed E-state index contributed by atoms with van der Waals surface area (Å²) in [4.78, 5) is 3.89. The second-order valence-corrected chi connectivity index (χ2v) is 3.10. The van der Waals surface area contributed by atoms with Crippen molar-refractivity contribution in [2.24, 2.45) is 0 Å². The van der Waals surface area contributed by atoms with E-state index in [1.54, 1.807) is 12.3 Å². The Kier molecular flexibility index (Phi) is 2.34. The second-order valence-electron chi connectivity index (χ2n) is 3.10. The van der Waals surface area contributed by atoms with Gasteiger partial charge in [0.05, 0.1) is 0 Å². The first-order valence-electron chi connectivity index (χ1n) is 4.53. The first kappa shape index (κ1) is 9.22. The minimum atomic E-state index is 0.277. The fourth-order valence-corrected chi connectivity index (χ4v) is 1.45. The van der Waals surface area contributed by atoms with Crippen molar-refractivity contribution >= 4 is 5.82 Å². The topological polar surface area (TPSA) is 62.7 Å². The molecule has 0 atom stereocenters. The van der Waals surface area contributed by atoms with Crippen LogP contribution in [0.3, 0.4) is 0 Å². The Morgan fingerprint density at radius 1 is 1.13 bits per heavy atom. The van der Waals surface area contributed by atoms with Crippen LogP contribution in [-0.2, 0) is 0 Å². The average molecular weight is 195 g/mol. The van der Waals surface area contributed by atoms with Crippen molar-refractivity contribution in [1.29, 1.82) is 5.26 Å². The van der Waals surface area contributed by atoms with E-state index in [9.17, 15) is 0 Å². The van der Waals surface area contributed by atoms with E-state index in [1.807, 2.05) is 30.3 Å². The zero-order valence-electron chi connectivity index (χ0n) is 8.01. The molecule has 0 bridgehead atoms. The number of nitrogen functional groups attached to an aromatic ring is 1. The third-order valence-corrected chi connectivity index (χ3v) is 2.18. The monoisotopic (exact) mass is 195 g/mol. The van der Waals surface area contributed by atoms with E-state index in [-0.39, 0.29) is 5.82 Å². The van der Waals surface area contributed by atoms with Gasteiger partial charge in [-0.15, -0.1) is 0 Å². The number of rotatable bonds is 1. The summed E-state index contributed by atoms with van der Waals surface area (Å²) < 4.78 is 0.